The highest BCUT2D eigenvalue weighted by molar-refractivity contribution is 5.94. The summed E-state index contributed by atoms with van der Waals surface area (Å²) < 4.78 is 13.3. The molecule has 0 unspecified atom stereocenters. The Kier molecular flexibility index (Phi) is 3.18. The van der Waals surface area contributed by atoms with Crippen molar-refractivity contribution >= 4 is 5.91 Å². The molecular formula is C12H12FN3O. The molecule has 17 heavy (non-hydrogen) atoms. The Hall–Kier alpha value is -2.17. The van der Waals surface area contributed by atoms with Crippen LogP contribution >= 0.6 is 0 Å². The molecule has 0 radical (unpaired) electrons. The average Bonchev–Trinajstić information content (AvgIpc) is 2.82. The summed E-state index contributed by atoms with van der Waals surface area (Å²) in [6, 6.07) is 6.18. The minimum absolute atomic E-state index is 0.307. The topological polar surface area (TPSA) is 57.8 Å². The molecule has 0 saturated heterocycles. The van der Waals surface area contributed by atoms with Crippen molar-refractivity contribution in [3.8, 4) is 0 Å². The lowest BCUT2D eigenvalue weighted by atomic mass is 10.1. The van der Waals surface area contributed by atoms with E-state index in [9.17, 15) is 9.18 Å². The van der Waals surface area contributed by atoms with E-state index in [-0.39, 0.29) is 11.7 Å². The van der Waals surface area contributed by atoms with Crippen molar-refractivity contribution in [2.75, 3.05) is 0 Å². The lowest BCUT2D eigenvalue weighted by molar-refractivity contribution is 0.0950. The second-order valence-electron chi connectivity index (χ2n) is 3.73. The molecule has 0 aliphatic carbocycles. The monoisotopic (exact) mass is 233 g/mol. The summed E-state index contributed by atoms with van der Waals surface area (Å²) in [6.07, 6.45) is 1.60. The van der Waals surface area contributed by atoms with E-state index < -0.39 is 0 Å². The highest BCUT2D eigenvalue weighted by Crippen LogP contribution is 2.09. The third-order valence-corrected chi connectivity index (χ3v) is 2.43. The second-order valence-corrected chi connectivity index (χ2v) is 3.73. The fourth-order valence-electron chi connectivity index (χ4n) is 1.39. The van der Waals surface area contributed by atoms with Crippen molar-refractivity contribution in [2.45, 2.75) is 13.5 Å². The van der Waals surface area contributed by atoms with Gasteiger partial charge in [-0.25, -0.2) is 4.39 Å². The van der Waals surface area contributed by atoms with Crippen molar-refractivity contribution in [2.24, 2.45) is 0 Å². The molecule has 0 fully saturated rings. The van der Waals surface area contributed by atoms with Crippen LogP contribution in [-0.4, -0.2) is 16.1 Å². The van der Waals surface area contributed by atoms with E-state index in [0.29, 0.717) is 17.7 Å². The fourth-order valence-corrected chi connectivity index (χ4v) is 1.39. The predicted molar refractivity (Wildman–Crippen MR) is 60.9 cm³/mol. The SMILES string of the molecule is Cc1ccc(C(=O)NCc2ccn[nH]2)cc1F. The normalized spacial score (nSPS) is 10.2. The standard InChI is InChI=1S/C12H12FN3O/c1-8-2-3-9(6-11(8)13)12(17)14-7-10-4-5-15-16-10/h2-6H,7H2,1H3,(H,14,17)(H,15,16). The van der Waals surface area contributed by atoms with Gasteiger partial charge in [-0.1, -0.05) is 6.07 Å². The third-order valence-electron chi connectivity index (χ3n) is 2.43. The number of carbonyl (C=O) groups is 1. The molecule has 0 aliphatic heterocycles. The Morgan fingerprint density at radius 3 is 2.94 bits per heavy atom. The molecule has 1 amide bonds. The first kappa shape index (κ1) is 11.3. The van der Waals surface area contributed by atoms with Crippen LogP contribution in [0.5, 0.6) is 0 Å². The van der Waals surface area contributed by atoms with E-state index in [1.54, 1.807) is 31.3 Å². The van der Waals surface area contributed by atoms with Crippen LogP contribution in [0.15, 0.2) is 30.5 Å². The van der Waals surface area contributed by atoms with Crippen LogP contribution in [0.4, 0.5) is 4.39 Å². The highest BCUT2D eigenvalue weighted by Gasteiger charge is 2.07. The van der Waals surface area contributed by atoms with E-state index in [0.717, 1.165) is 5.69 Å². The zero-order valence-electron chi connectivity index (χ0n) is 9.33. The fraction of sp³-hybridized carbons (Fsp3) is 0.167. The molecule has 0 saturated carbocycles. The van der Waals surface area contributed by atoms with Gasteiger partial charge in [0.25, 0.3) is 5.91 Å². The number of hydrogen-bond acceptors (Lipinski definition) is 2. The van der Waals surface area contributed by atoms with E-state index in [2.05, 4.69) is 15.5 Å². The van der Waals surface area contributed by atoms with Crippen molar-refractivity contribution in [1.29, 1.82) is 0 Å². The molecule has 1 aromatic heterocycles. The number of H-pyrrole nitrogens is 1. The molecule has 0 bridgehead atoms. The number of hydrogen-bond donors (Lipinski definition) is 2. The summed E-state index contributed by atoms with van der Waals surface area (Å²) in [5, 5.41) is 9.16. The molecule has 2 rings (SSSR count). The van der Waals surface area contributed by atoms with Gasteiger partial charge < -0.3 is 5.32 Å². The molecule has 4 nitrogen and oxygen atoms in total. The Morgan fingerprint density at radius 2 is 2.29 bits per heavy atom. The Balaban J connectivity index is 2.02. The van der Waals surface area contributed by atoms with E-state index in [1.807, 2.05) is 0 Å². The van der Waals surface area contributed by atoms with Crippen LogP contribution in [0.1, 0.15) is 21.6 Å². The van der Waals surface area contributed by atoms with Gasteiger partial charge in [0.05, 0.1) is 12.2 Å². The zero-order valence-corrected chi connectivity index (χ0v) is 9.33. The molecule has 5 heteroatoms. The van der Waals surface area contributed by atoms with Crippen LogP contribution in [0.25, 0.3) is 0 Å². The molecule has 2 aromatic rings. The Morgan fingerprint density at radius 1 is 1.47 bits per heavy atom. The van der Waals surface area contributed by atoms with Crippen LogP contribution in [-0.2, 0) is 6.54 Å². The second kappa shape index (κ2) is 4.78. The molecular weight excluding hydrogens is 221 g/mol. The summed E-state index contributed by atoms with van der Waals surface area (Å²) in [4.78, 5) is 11.7. The summed E-state index contributed by atoms with van der Waals surface area (Å²) in [5.74, 6) is -0.683. The van der Waals surface area contributed by atoms with Crippen molar-refractivity contribution < 1.29 is 9.18 Å². The third kappa shape index (κ3) is 2.69. The molecule has 0 spiro atoms. The summed E-state index contributed by atoms with van der Waals surface area (Å²) >= 11 is 0. The maximum absolute atomic E-state index is 13.3. The average molecular weight is 233 g/mol. The number of rotatable bonds is 3. The van der Waals surface area contributed by atoms with Gasteiger partial charge in [0.2, 0.25) is 0 Å². The number of nitrogens with one attached hydrogen (secondary N) is 2. The summed E-state index contributed by atoms with van der Waals surface area (Å²) in [5.41, 5.74) is 1.63. The van der Waals surface area contributed by atoms with Gasteiger partial charge in [0, 0.05) is 11.8 Å². The van der Waals surface area contributed by atoms with Gasteiger partial charge in [-0.3, -0.25) is 9.89 Å². The van der Waals surface area contributed by atoms with Crippen LogP contribution in [0, 0.1) is 12.7 Å². The largest absolute Gasteiger partial charge is 0.346 e. The van der Waals surface area contributed by atoms with Crippen LogP contribution in [0.3, 0.4) is 0 Å². The maximum Gasteiger partial charge on any atom is 0.251 e. The number of amides is 1. The summed E-state index contributed by atoms with van der Waals surface area (Å²) in [6.45, 7) is 2.00. The highest BCUT2D eigenvalue weighted by atomic mass is 19.1. The molecule has 0 atom stereocenters. The van der Waals surface area contributed by atoms with Gasteiger partial charge in [-0.05, 0) is 30.7 Å². The van der Waals surface area contributed by atoms with E-state index >= 15 is 0 Å². The minimum Gasteiger partial charge on any atom is -0.346 e. The van der Waals surface area contributed by atoms with Gasteiger partial charge in [0.15, 0.2) is 0 Å². The number of carbonyl (C=O) groups excluding carboxylic acids is 1. The van der Waals surface area contributed by atoms with Crippen molar-refractivity contribution in [3.63, 3.8) is 0 Å². The van der Waals surface area contributed by atoms with Gasteiger partial charge >= 0.3 is 0 Å². The molecule has 88 valence electrons. The smallest absolute Gasteiger partial charge is 0.251 e. The van der Waals surface area contributed by atoms with E-state index in [1.165, 1.54) is 6.07 Å². The van der Waals surface area contributed by atoms with Crippen molar-refractivity contribution in [3.05, 3.63) is 53.1 Å². The van der Waals surface area contributed by atoms with Crippen LogP contribution in [0.2, 0.25) is 0 Å². The number of nitrogens with zero attached hydrogens (tertiary/aromatic N) is 1. The number of aryl methyl sites for hydroxylation is 1. The first-order valence-electron chi connectivity index (χ1n) is 5.19. The minimum atomic E-state index is -0.376. The number of aromatic nitrogens is 2. The van der Waals surface area contributed by atoms with Crippen LogP contribution < -0.4 is 5.32 Å². The number of benzene rings is 1. The van der Waals surface area contributed by atoms with E-state index in [4.69, 9.17) is 0 Å². The maximum atomic E-state index is 13.3. The lowest BCUT2D eigenvalue weighted by Gasteiger charge is -2.04. The Bertz CT molecular complexity index is 523. The lowest BCUT2D eigenvalue weighted by Crippen LogP contribution is -2.23. The van der Waals surface area contributed by atoms with Gasteiger partial charge in [-0.2, -0.15) is 5.10 Å². The molecule has 2 N–H and O–H groups in total. The molecule has 1 heterocycles. The molecule has 0 aliphatic rings. The van der Waals surface area contributed by atoms with Gasteiger partial charge in [-0.15, -0.1) is 0 Å². The number of halogens is 1. The summed E-state index contributed by atoms with van der Waals surface area (Å²) in [7, 11) is 0. The first-order chi connectivity index (χ1) is 8.16. The first-order valence-corrected chi connectivity index (χ1v) is 5.19. The van der Waals surface area contributed by atoms with Gasteiger partial charge in [0.1, 0.15) is 5.82 Å². The Labute approximate surface area is 97.9 Å². The number of aromatic amines is 1. The predicted octanol–water partition coefficient (Wildman–Crippen LogP) is 1.79. The molecule has 1 aromatic carbocycles. The zero-order chi connectivity index (χ0) is 12.3. The van der Waals surface area contributed by atoms with Crippen molar-refractivity contribution in [1.82, 2.24) is 15.5 Å². The quantitative estimate of drug-likeness (QED) is 0.849.